The lowest BCUT2D eigenvalue weighted by atomic mass is 10.1. The zero-order valence-corrected chi connectivity index (χ0v) is 16.6. The number of carbonyl (C=O) groups excluding carboxylic acids is 1. The molecule has 7 heteroatoms. The van der Waals surface area contributed by atoms with Crippen LogP contribution in [0.3, 0.4) is 0 Å². The van der Waals surface area contributed by atoms with Gasteiger partial charge < -0.3 is 10.1 Å². The zero-order chi connectivity index (χ0) is 19.8. The van der Waals surface area contributed by atoms with Gasteiger partial charge in [0.05, 0.1) is 18.0 Å². The minimum absolute atomic E-state index is 0.140. The van der Waals surface area contributed by atoms with Crippen molar-refractivity contribution < 1.29 is 9.53 Å². The van der Waals surface area contributed by atoms with Gasteiger partial charge in [-0.2, -0.15) is 0 Å². The first-order chi connectivity index (χ1) is 13.7. The van der Waals surface area contributed by atoms with E-state index >= 15 is 0 Å². The highest BCUT2D eigenvalue weighted by Crippen LogP contribution is 2.24. The van der Waals surface area contributed by atoms with Crippen LogP contribution in [-0.2, 0) is 4.79 Å². The highest BCUT2D eigenvalue weighted by molar-refractivity contribution is 7.99. The first-order valence-electron chi connectivity index (χ1n) is 8.96. The zero-order valence-electron chi connectivity index (χ0n) is 15.8. The number of hydrogen-bond donors (Lipinski definition) is 2. The first kappa shape index (κ1) is 19.7. The Morgan fingerprint density at radius 2 is 1.96 bits per heavy atom. The summed E-state index contributed by atoms with van der Waals surface area (Å²) in [6.07, 6.45) is 3.86. The fraction of sp³-hybridized carbons (Fsp3) is 0.190. The molecule has 0 saturated heterocycles. The molecule has 1 heterocycles. The summed E-state index contributed by atoms with van der Waals surface area (Å²) in [5.41, 5.74) is 2.98. The Bertz CT molecular complexity index is 968. The fourth-order valence-corrected chi connectivity index (χ4v) is 3.11. The van der Waals surface area contributed by atoms with Gasteiger partial charge in [-0.25, -0.2) is 4.98 Å². The summed E-state index contributed by atoms with van der Waals surface area (Å²) in [6.45, 7) is 4.50. The van der Waals surface area contributed by atoms with Crippen LogP contribution in [0.4, 0.5) is 5.69 Å². The largest absolute Gasteiger partial charge is 0.492 e. The van der Waals surface area contributed by atoms with Gasteiger partial charge in [0, 0.05) is 0 Å². The summed E-state index contributed by atoms with van der Waals surface area (Å²) < 4.78 is 5.52. The van der Waals surface area contributed by atoms with Crippen molar-refractivity contribution in [2.24, 2.45) is 0 Å². The van der Waals surface area contributed by atoms with Gasteiger partial charge in [0.2, 0.25) is 11.1 Å². The van der Waals surface area contributed by atoms with Gasteiger partial charge in [-0.3, -0.25) is 9.89 Å². The number of hydrogen-bond acceptors (Lipinski definition) is 5. The number of para-hydroxylation sites is 2. The summed E-state index contributed by atoms with van der Waals surface area (Å²) in [4.78, 5) is 16.6. The van der Waals surface area contributed by atoms with E-state index in [-0.39, 0.29) is 11.7 Å². The van der Waals surface area contributed by atoms with Gasteiger partial charge in [-0.05, 0) is 43.2 Å². The van der Waals surface area contributed by atoms with Gasteiger partial charge in [0.15, 0.2) is 0 Å². The Kier molecular flexibility index (Phi) is 6.86. The summed E-state index contributed by atoms with van der Waals surface area (Å²) in [5.74, 6) is 1.37. The number of aromatic nitrogens is 3. The standard InChI is InChI=1S/C21H22N4O2S/c1-3-27-18-11-7-6-10-17(18)22-20(26)14-28-21-23-19(24-25-21)13-12-16-9-5-4-8-15(16)2/h4-13H,3,14H2,1-2H3,(H,22,26)(H,23,24,25). The van der Waals surface area contributed by atoms with Crippen LogP contribution < -0.4 is 10.1 Å². The Hall–Kier alpha value is -3.06. The maximum atomic E-state index is 12.2. The molecule has 28 heavy (non-hydrogen) atoms. The molecule has 0 saturated carbocycles. The van der Waals surface area contributed by atoms with E-state index in [1.807, 2.05) is 61.5 Å². The number of nitrogens with one attached hydrogen (secondary N) is 2. The van der Waals surface area contributed by atoms with Crippen LogP contribution >= 0.6 is 11.8 Å². The van der Waals surface area contributed by atoms with E-state index < -0.39 is 0 Å². The third-order valence-electron chi connectivity index (χ3n) is 3.88. The molecule has 0 fully saturated rings. The minimum atomic E-state index is -0.140. The molecular weight excluding hydrogens is 372 g/mol. The van der Waals surface area contributed by atoms with Crippen molar-refractivity contribution >= 4 is 35.5 Å². The topological polar surface area (TPSA) is 79.9 Å². The van der Waals surface area contributed by atoms with Crippen LogP contribution in [0.5, 0.6) is 5.75 Å². The van der Waals surface area contributed by atoms with Crippen molar-refractivity contribution in [3.05, 3.63) is 65.5 Å². The summed E-state index contributed by atoms with van der Waals surface area (Å²) in [6, 6.07) is 15.5. The number of ether oxygens (including phenoxy) is 1. The van der Waals surface area contributed by atoms with Crippen LogP contribution in [0.2, 0.25) is 0 Å². The van der Waals surface area contributed by atoms with E-state index in [1.54, 1.807) is 0 Å². The molecule has 144 valence electrons. The number of anilines is 1. The van der Waals surface area contributed by atoms with E-state index in [4.69, 9.17) is 4.74 Å². The quantitative estimate of drug-likeness (QED) is 0.553. The van der Waals surface area contributed by atoms with E-state index in [0.29, 0.717) is 29.0 Å². The van der Waals surface area contributed by atoms with Crippen LogP contribution in [0.25, 0.3) is 12.2 Å². The summed E-state index contributed by atoms with van der Waals surface area (Å²) >= 11 is 1.27. The third kappa shape index (κ3) is 5.47. The van der Waals surface area contributed by atoms with E-state index in [0.717, 1.165) is 5.56 Å². The molecule has 0 atom stereocenters. The molecule has 0 unspecified atom stereocenters. The second-order valence-corrected chi connectivity index (χ2v) is 6.90. The Balaban J connectivity index is 1.54. The summed E-state index contributed by atoms with van der Waals surface area (Å²) in [7, 11) is 0. The highest BCUT2D eigenvalue weighted by Gasteiger charge is 2.10. The van der Waals surface area contributed by atoms with Crippen LogP contribution in [0.15, 0.2) is 53.7 Å². The van der Waals surface area contributed by atoms with Gasteiger partial charge >= 0.3 is 0 Å². The summed E-state index contributed by atoms with van der Waals surface area (Å²) in [5, 5.41) is 10.4. The Morgan fingerprint density at radius 1 is 1.18 bits per heavy atom. The number of thioether (sulfide) groups is 1. The number of nitrogens with zero attached hydrogens (tertiary/aromatic N) is 2. The normalized spacial score (nSPS) is 10.9. The van der Waals surface area contributed by atoms with Crippen LogP contribution in [-0.4, -0.2) is 33.4 Å². The van der Waals surface area contributed by atoms with Crippen molar-refractivity contribution in [3.63, 3.8) is 0 Å². The highest BCUT2D eigenvalue weighted by atomic mass is 32.2. The van der Waals surface area contributed by atoms with Gasteiger partial charge in [0.1, 0.15) is 11.6 Å². The molecule has 6 nitrogen and oxygen atoms in total. The third-order valence-corrected chi connectivity index (χ3v) is 4.73. The molecule has 3 aromatic rings. The van der Waals surface area contributed by atoms with E-state index in [9.17, 15) is 4.79 Å². The second kappa shape index (κ2) is 9.75. The molecule has 2 N–H and O–H groups in total. The number of amides is 1. The maximum absolute atomic E-state index is 12.2. The Morgan fingerprint density at radius 3 is 2.79 bits per heavy atom. The molecule has 0 aliphatic rings. The average molecular weight is 395 g/mol. The predicted octanol–water partition coefficient (Wildman–Crippen LogP) is 4.41. The molecule has 0 radical (unpaired) electrons. The van der Waals surface area contributed by atoms with Crippen LogP contribution in [0.1, 0.15) is 23.9 Å². The molecular formula is C21H22N4O2S. The first-order valence-corrected chi connectivity index (χ1v) is 9.95. The number of rotatable bonds is 8. The maximum Gasteiger partial charge on any atom is 0.234 e. The van der Waals surface area contributed by atoms with Crippen LogP contribution in [0, 0.1) is 6.92 Å². The van der Waals surface area contributed by atoms with E-state index in [1.165, 1.54) is 17.3 Å². The number of carbonyl (C=O) groups is 1. The Labute approximate surface area is 168 Å². The van der Waals surface area contributed by atoms with Crippen molar-refractivity contribution in [1.29, 1.82) is 0 Å². The minimum Gasteiger partial charge on any atom is -0.492 e. The molecule has 0 spiro atoms. The number of aryl methyl sites for hydroxylation is 1. The lowest BCUT2D eigenvalue weighted by Gasteiger charge is -2.10. The molecule has 0 aliphatic heterocycles. The van der Waals surface area contributed by atoms with E-state index in [2.05, 4.69) is 33.5 Å². The number of aromatic amines is 1. The van der Waals surface area contributed by atoms with Gasteiger partial charge in [-0.15, -0.1) is 5.10 Å². The van der Waals surface area contributed by atoms with Crippen molar-refractivity contribution in [1.82, 2.24) is 15.2 Å². The van der Waals surface area contributed by atoms with Gasteiger partial charge in [-0.1, -0.05) is 54.2 Å². The van der Waals surface area contributed by atoms with Gasteiger partial charge in [0.25, 0.3) is 0 Å². The predicted molar refractivity (Wildman–Crippen MR) is 113 cm³/mol. The average Bonchev–Trinajstić information content (AvgIpc) is 3.15. The molecule has 3 rings (SSSR count). The smallest absolute Gasteiger partial charge is 0.234 e. The van der Waals surface area contributed by atoms with Crippen molar-refractivity contribution in [2.75, 3.05) is 17.7 Å². The molecule has 1 aromatic heterocycles. The molecule has 0 aliphatic carbocycles. The lowest BCUT2D eigenvalue weighted by Crippen LogP contribution is -2.15. The monoisotopic (exact) mass is 394 g/mol. The number of benzene rings is 2. The molecule has 0 bridgehead atoms. The van der Waals surface area contributed by atoms with Crippen molar-refractivity contribution in [2.45, 2.75) is 19.0 Å². The molecule has 1 amide bonds. The fourth-order valence-electron chi connectivity index (χ4n) is 2.51. The SMILES string of the molecule is CCOc1ccccc1NC(=O)CSc1n[nH]c(C=Cc2ccccc2C)n1. The second-order valence-electron chi connectivity index (χ2n) is 5.96. The number of H-pyrrole nitrogens is 1. The lowest BCUT2D eigenvalue weighted by molar-refractivity contribution is -0.113. The molecule has 2 aromatic carbocycles. The van der Waals surface area contributed by atoms with Crippen molar-refractivity contribution in [3.8, 4) is 5.75 Å².